The SMILES string of the molecule is CCOC(=O)CN[C@@H](Cc1ccc(F)cc1)C(=O)Cc1cc(-c2ccncc2)nn1C. The second-order valence-corrected chi connectivity index (χ2v) is 7.09. The Morgan fingerprint density at radius 2 is 1.87 bits per heavy atom. The van der Waals surface area contributed by atoms with E-state index in [0.717, 1.165) is 22.5 Å². The van der Waals surface area contributed by atoms with E-state index in [0.29, 0.717) is 6.42 Å². The number of pyridine rings is 1. The van der Waals surface area contributed by atoms with Gasteiger partial charge in [-0.05, 0) is 49.2 Å². The molecular formula is C23H25FN4O3. The predicted octanol–water partition coefficient (Wildman–Crippen LogP) is 2.50. The van der Waals surface area contributed by atoms with Gasteiger partial charge in [-0.2, -0.15) is 5.10 Å². The number of Topliss-reactive ketones (excluding diaryl/α,β-unsaturated/α-hetero) is 1. The summed E-state index contributed by atoms with van der Waals surface area (Å²) in [6.07, 6.45) is 3.84. The van der Waals surface area contributed by atoms with Crippen LogP contribution in [0.1, 0.15) is 18.2 Å². The molecule has 1 atom stereocenters. The zero-order chi connectivity index (χ0) is 22.2. The number of rotatable bonds is 10. The van der Waals surface area contributed by atoms with E-state index in [1.807, 2.05) is 18.2 Å². The van der Waals surface area contributed by atoms with Crippen molar-refractivity contribution in [3.8, 4) is 11.3 Å². The standard InChI is InChI=1S/C23H25FN4O3/c1-3-31-23(30)15-26-21(12-16-4-6-18(24)7-5-16)22(29)14-19-13-20(27-28(19)2)17-8-10-25-11-9-17/h4-11,13,21,26H,3,12,14-15H2,1-2H3/t21-/m0/s1. The van der Waals surface area contributed by atoms with Crippen molar-refractivity contribution in [2.75, 3.05) is 13.2 Å². The molecule has 1 N–H and O–H groups in total. The zero-order valence-corrected chi connectivity index (χ0v) is 17.5. The summed E-state index contributed by atoms with van der Waals surface area (Å²) in [7, 11) is 1.79. The van der Waals surface area contributed by atoms with E-state index in [4.69, 9.17) is 4.74 Å². The van der Waals surface area contributed by atoms with E-state index in [1.54, 1.807) is 43.2 Å². The minimum atomic E-state index is -0.630. The lowest BCUT2D eigenvalue weighted by Crippen LogP contribution is -2.42. The number of hydrogen-bond acceptors (Lipinski definition) is 6. The number of ketones is 1. The van der Waals surface area contributed by atoms with E-state index in [9.17, 15) is 14.0 Å². The molecule has 0 fully saturated rings. The summed E-state index contributed by atoms with van der Waals surface area (Å²) in [5.74, 6) is -0.873. The van der Waals surface area contributed by atoms with Crippen LogP contribution in [0.4, 0.5) is 4.39 Å². The Morgan fingerprint density at radius 1 is 1.16 bits per heavy atom. The molecule has 8 heteroatoms. The highest BCUT2D eigenvalue weighted by molar-refractivity contribution is 5.87. The molecule has 0 saturated carbocycles. The van der Waals surface area contributed by atoms with Gasteiger partial charge in [-0.3, -0.25) is 24.6 Å². The van der Waals surface area contributed by atoms with Gasteiger partial charge in [0.2, 0.25) is 0 Å². The Balaban J connectivity index is 1.74. The van der Waals surface area contributed by atoms with Crippen molar-refractivity contribution in [3.05, 3.63) is 71.9 Å². The molecule has 0 bridgehead atoms. The number of benzene rings is 1. The van der Waals surface area contributed by atoms with Crippen LogP contribution >= 0.6 is 0 Å². The van der Waals surface area contributed by atoms with Crippen molar-refractivity contribution in [1.82, 2.24) is 20.1 Å². The molecule has 3 rings (SSSR count). The number of carbonyl (C=O) groups excluding carboxylic acids is 2. The van der Waals surface area contributed by atoms with Gasteiger partial charge in [0.25, 0.3) is 0 Å². The van der Waals surface area contributed by atoms with Crippen molar-refractivity contribution in [2.24, 2.45) is 7.05 Å². The maximum absolute atomic E-state index is 13.2. The van der Waals surface area contributed by atoms with Gasteiger partial charge in [0.15, 0.2) is 5.78 Å². The minimum Gasteiger partial charge on any atom is -0.465 e. The van der Waals surface area contributed by atoms with Crippen LogP contribution in [-0.2, 0) is 34.2 Å². The number of hydrogen-bond donors (Lipinski definition) is 1. The fourth-order valence-corrected chi connectivity index (χ4v) is 3.21. The number of carbonyl (C=O) groups is 2. The summed E-state index contributed by atoms with van der Waals surface area (Å²) in [6, 6.07) is 10.9. The van der Waals surface area contributed by atoms with Gasteiger partial charge < -0.3 is 4.74 Å². The zero-order valence-electron chi connectivity index (χ0n) is 17.5. The Kier molecular flexibility index (Phi) is 7.61. The molecule has 1 aromatic carbocycles. The molecule has 0 aliphatic rings. The van der Waals surface area contributed by atoms with Crippen LogP contribution in [0.5, 0.6) is 0 Å². The van der Waals surface area contributed by atoms with Crippen molar-refractivity contribution >= 4 is 11.8 Å². The summed E-state index contributed by atoms with van der Waals surface area (Å²) in [5.41, 5.74) is 3.20. The van der Waals surface area contributed by atoms with E-state index in [2.05, 4.69) is 15.4 Å². The third kappa shape index (κ3) is 6.29. The highest BCUT2D eigenvalue weighted by atomic mass is 19.1. The summed E-state index contributed by atoms with van der Waals surface area (Å²) < 4.78 is 19.9. The van der Waals surface area contributed by atoms with E-state index in [-0.39, 0.29) is 31.2 Å². The Morgan fingerprint density at radius 3 is 2.55 bits per heavy atom. The molecular weight excluding hydrogens is 399 g/mol. The molecule has 2 heterocycles. The molecule has 162 valence electrons. The molecule has 31 heavy (non-hydrogen) atoms. The van der Waals surface area contributed by atoms with Gasteiger partial charge in [-0.25, -0.2) is 4.39 Å². The van der Waals surface area contributed by atoms with Crippen LogP contribution in [-0.4, -0.2) is 45.7 Å². The third-order valence-corrected chi connectivity index (χ3v) is 4.85. The Labute approximate surface area is 180 Å². The molecule has 2 aromatic heterocycles. The number of nitrogens with zero attached hydrogens (tertiary/aromatic N) is 3. The first-order valence-corrected chi connectivity index (χ1v) is 10.1. The van der Waals surface area contributed by atoms with E-state index < -0.39 is 12.0 Å². The number of aryl methyl sites for hydroxylation is 1. The molecule has 0 amide bonds. The molecule has 0 saturated heterocycles. The van der Waals surface area contributed by atoms with Crippen LogP contribution in [0.15, 0.2) is 54.9 Å². The minimum absolute atomic E-state index is 0.0842. The Bertz CT molecular complexity index is 1020. The average molecular weight is 424 g/mol. The number of nitrogens with one attached hydrogen (secondary N) is 1. The molecule has 7 nitrogen and oxygen atoms in total. The van der Waals surface area contributed by atoms with Gasteiger partial charge in [0, 0.05) is 30.7 Å². The van der Waals surface area contributed by atoms with Crippen LogP contribution < -0.4 is 5.32 Å². The van der Waals surface area contributed by atoms with Gasteiger partial charge in [0.1, 0.15) is 5.82 Å². The lowest BCUT2D eigenvalue weighted by atomic mass is 9.99. The van der Waals surface area contributed by atoms with Crippen LogP contribution in [0.25, 0.3) is 11.3 Å². The monoisotopic (exact) mass is 424 g/mol. The highest BCUT2D eigenvalue weighted by Gasteiger charge is 2.22. The fourth-order valence-electron chi connectivity index (χ4n) is 3.21. The van der Waals surface area contributed by atoms with Crippen molar-refractivity contribution in [3.63, 3.8) is 0 Å². The van der Waals surface area contributed by atoms with Gasteiger partial charge in [-0.15, -0.1) is 0 Å². The summed E-state index contributed by atoms with van der Waals surface area (Å²) in [6.45, 7) is 1.91. The number of ether oxygens (including phenoxy) is 1. The lowest BCUT2D eigenvalue weighted by molar-refractivity contribution is -0.142. The molecule has 0 aliphatic heterocycles. The predicted molar refractivity (Wildman–Crippen MR) is 114 cm³/mol. The molecule has 0 spiro atoms. The lowest BCUT2D eigenvalue weighted by Gasteiger charge is -2.17. The fraction of sp³-hybridized carbons (Fsp3) is 0.304. The topological polar surface area (TPSA) is 86.1 Å². The van der Waals surface area contributed by atoms with Crippen LogP contribution in [0.3, 0.4) is 0 Å². The van der Waals surface area contributed by atoms with Gasteiger partial charge in [0.05, 0.1) is 31.3 Å². The Hall–Kier alpha value is -3.39. The molecule has 0 aliphatic carbocycles. The number of esters is 1. The highest BCUT2D eigenvalue weighted by Crippen LogP contribution is 2.18. The smallest absolute Gasteiger partial charge is 0.319 e. The quantitative estimate of drug-likeness (QED) is 0.504. The largest absolute Gasteiger partial charge is 0.465 e. The normalized spacial score (nSPS) is 11.8. The third-order valence-electron chi connectivity index (χ3n) is 4.85. The van der Waals surface area contributed by atoms with Gasteiger partial charge in [-0.1, -0.05) is 12.1 Å². The van der Waals surface area contributed by atoms with Crippen molar-refractivity contribution in [1.29, 1.82) is 0 Å². The maximum atomic E-state index is 13.2. The van der Waals surface area contributed by atoms with Crippen LogP contribution in [0.2, 0.25) is 0 Å². The van der Waals surface area contributed by atoms with Crippen molar-refractivity contribution in [2.45, 2.75) is 25.8 Å². The first-order valence-electron chi connectivity index (χ1n) is 10.1. The summed E-state index contributed by atoms with van der Waals surface area (Å²) in [5, 5.41) is 7.48. The van der Waals surface area contributed by atoms with E-state index >= 15 is 0 Å². The molecule has 3 aromatic rings. The second kappa shape index (κ2) is 10.6. The average Bonchev–Trinajstić information content (AvgIpc) is 3.13. The number of halogens is 1. The summed E-state index contributed by atoms with van der Waals surface area (Å²) in [4.78, 5) is 28.9. The van der Waals surface area contributed by atoms with Crippen LogP contribution in [0, 0.1) is 5.82 Å². The van der Waals surface area contributed by atoms with Crippen molar-refractivity contribution < 1.29 is 18.7 Å². The second-order valence-electron chi connectivity index (χ2n) is 7.09. The number of aromatic nitrogens is 3. The summed E-state index contributed by atoms with van der Waals surface area (Å²) >= 11 is 0. The first kappa shape index (κ1) is 22.3. The van der Waals surface area contributed by atoms with E-state index in [1.165, 1.54) is 12.1 Å². The maximum Gasteiger partial charge on any atom is 0.319 e. The van der Waals surface area contributed by atoms with Gasteiger partial charge >= 0.3 is 5.97 Å². The first-order chi connectivity index (χ1) is 15.0. The molecule has 0 unspecified atom stereocenters. The molecule has 0 radical (unpaired) electrons.